The number of esters is 1. The van der Waals surface area contributed by atoms with E-state index in [9.17, 15) is 4.79 Å². The van der Waals surface area contributed by atoms with Gasteiger partial charge in [0.05, 0.1) is 22.9 Å². The first kappa shape index (κ1) is 16.0. The van der Waals surface area contributed by atoms with Crippen molar-refractivity contribution in [3.8, 4) is 0 Å². The molecule has 108 valence electrons. The Bertz CT molecular complexity index is 459. The van der Waals surface area contributed by atoms with Crippen molar-refractivity contribution in [2.24, 2.45) is 5.92 Å². The molecule has 0 N–H and O–H groups in total. The van der Waals surface area contributed by atoms with Crippen LogP contribution >= 0.6 is 11.6 Å². The van der Waals surface area contributed by atoms with E-state index >= 15 is 0 Å². The van der Waals surface area contributed by atoms with Crippen LogP contribution in [0.25, 0.3) is 0 Å². The Morgan fingerprint density at radius 1 is 1.42 bits per heavy atom. The molecule has 0 atom stereocenters. The van der Waals surface area contributed by atoms with Gasteiger partial charge in [0.15, 0.2) is 5.69 Å². The van der Waals surface area contributed by atoms with Gasteiger partial charge in [0.1, 0.15) is 0 Å². The Balaban J connectivity index is 3.32. The fraction of sp³-hybridized carbons (Fsp3) is 0.714. The van der Waals surface area contributed by atoms with E-state index in [-0.39, 0.29) is 5.54 Å². The molecule has 0 spiro atoms. The van der Waals surface area contributed by atoms with Gasteiger partial charge < -0.3 is 4.74 Å². The molecular formula is C14H23ClN2O2. The van der Waals surface area contributed by atoms with Crippen LogP contribution in [0, 0.1) is 5.92 Å². The average Bonchev–Trinajstić information content (AvgIpc) is 2.55. The van der Waals surface area contributed by atoms with Crippen molar-refractivity contribution in [2.45, 2.75) is 53.5 Å². The summed E-state index contributed by atoms with van der Waals surface area (Å²) in [7, 11) is 0. The fourth-order valence-corrected chi connectivity index (χ4v) is 2.09. The molecule has 0 aliphatic heterocycles. The summed E-state index contributed by atoms with van der Waals surface area (Å²) in [6, 6.07) is 0. The first-order valence-electron chi connectivity index (χ1n) is 6.63. The average molecular weight is 287 g/mol. The Morgan fingerprint density at radius 3 is 2.42 bits per heavy atom. The quantitative estimate of drug-likeness (QED) is 0.793. The molecular weight excluding hydrogens is 264 g/mol. The molecule has 0 fully saturated rings. The predicted molar refractivity (Wildman–Crippen MR) is 76.7 cm³/mol. The van der Waals surface area contributed by atoms with Crippen LogP contribution in [-0.2, 0) is 16.7 Å². The molecule has 1 aromatic rings. The lowest BCUT2D eigenvalue weighted by atomic mass is 10.1. The minimum Gasteiger partial charge on any atom is -0.461 e. The molecule has 0 unspecified atom stereocenters. The monoisotopic (exact) mass is 286 g/mol. The van der Waals surface area contributed by atoms with Gasteiger partial charge in [-0.1, -0.05) is 25.4 Å². The SMILES string of the molecule is CCOC(=O)c1c(Cl)c(CC(C)C)nn1C(C)(C)C. The number of hydrogen-bond donors (Lipinski definition) is 0. The molecule has 0 bridgehead atoms. The third-order valence-corrected chi connectivity index (χ3v) is 3.00. The number of rotatable bonds is 4. The second-order valence-electron chi connectivity index (χ2n) is 6.01. The number of ether oxygens (including phenoxy) is 1. The molecule has 0 saturated heterocycles. The molecule has 0 saturated carbocycles. The van der Waals surface area contributed by atoms with E-state index in [2.05, 4.69) is 18.9 Å². The van der Waals surface area contributed by atoms with Crippen molar-refractivity contribution >= 4 is 17.6 Å². The lowest BCUT2D eigenvalue weighted by Crippen LogP contribution is -2.28. The van der Waals surface area contributed by atoms with E-state index in [1.54, 1.807) is 11.6 Å². The Hall–Kier alpha value is -1.03. The summed E-state index contributed by atoms with van der Waals surface area (Å²) in [6.45, 7) is 12.2. The van der Waals surface area contributed by atoms with Gasteiger partial charge in [-0.15, -0.1) is 0 Å². The summed E-state index contributed by atoms with van der Waals surface area (Å²) in [6.07, 6.45) is 0.744. The second-order valence-corrected chi connectivity index (χ2v) is 6.39. The molecule has 0 radical (unpaired) electrons. The fourth-order valence-electron chi connectivity index (χ4n) is 1.82. The van der Waals surface area contributed by atoms with Crippen LogP contribution in [0.3, 0.4) is 0 Å². The summed E-state index contributed by atoms with van der Waals surface area (Å²) < 4.78 is 6.75. The zero-order chi connectivity index (χ0) is 14.8. The summed E-state index contributed by atoms with van der Waals surface area (Å²) in [5, 5.41) is 4.93. The highest BCUT2D eigenvalue weighted by molar-refractivity contribution is 6.34. The maximum atomic E-state index is 12.1. The van der Waals surface area contributed by atoms with Crippen molar-refractivity contribution in [1.29, 1.82) is 0 Å². The molecule has 5 heteroatoms. The molecule has 1 rings (SSSR count). The molecule has 0 aliphatic rings. The molecule has 4 nitrogen and oxygen atoms in total. The number of aromatic nitrogens is 2. The second kappa shape index (κ2) is 5.95. The highest BCUT2D eigenvalue weighted by atomic mass is 35.5. The molecule has 1 heterocycles. The first-order valence-corrected chi connectivity index (χ1v) is 7.01. The van der Waals surface area contributed by atoms with Crippen molar-refractivity contribution in [3.05, 3.63) is 16.4 Å². The van der Waals surface area contributed by atoms with E-state index in [0.29, 0.717) is 23.2 Å². The van der Waals surface area contributed by atoms with Crippen molar-refractivity contribution < 1.29 is 9.53 Å². The van der Waals surface area contributed by atoms with E-state index in [1.165, 1.54) is 0 Å². The van der Waals surface area contributed by atoms with E-state index in [1.807, 2.05) is 20.8 Å². The zero-order valence-electron chi connectivity index (χ0n) is 12.6. The smallest absolute Gasteiger partial charge is 0.358 e. The van der Waals surface area contributed by atoms with Crippen molar-refractivity contribution in [2.75, 3.05) is 6.61 Å². The van der Waals surface area contributed by atoms with Gasteiger partial charge in [0.2, 0.25) is 0 Å². The van der Waals surface area contributed by atoms with Gasteiger partial charge >= 0.3 is 5.97 Å². The van der Waals surface area contributed by atoms with Gasteiger partial charge in [-0.3, -0.25) is 4.68 Å². The van der Waals surface area contributed by atoms with E-state index < -0.39 is 5.97 Å². The molecule has 0 amide bonds. The third kappa shape index (κ3) is 3.72. The van der Waals surface area contributed by atoms with Crippen LogP contribution in [0.2, 0.25) is 5.02 Å². The van der Waals surface area contributed by atoms with Crippen LogP contribution in [0.15, 0.2) is 0 Å². The Labute approximate surface area is 120 Å². The Morgan fingerprint density at radius 2 is 2.00 bits per heavy atom. The van der Waals surface area contributed by atoms with Crippen molar-refractivity contribution in [1.82, 2.24) is 9.78 Å². The largest absolute Gasteiger partial charge is 0.461 e. The summed E-state index contributed by atoms with van der Waals surface area (Å²) in [4.78, 5) is 12.1. The maximum absolute atomic E-state index is 12.1. The maximum Gasteiger partial charge on any atom is 0.358 e. The van der Waals surface area contributed by atoms with Crippen LogP contribution in [-0.4, -0.2) is 22.4 Å². The standard InChI is InChI=1S/C14H23ClN2O2/c1-7-19-13(18)12-11(15)10(8-9(2)3)16-17(12)14(4,5)6/h9H,7-8H2,1-6H3. The van der Waals surface area contributed by atoms with Gasteiger partial charge in [-0.05, 0) is 40.0 Å². The topological polar surface area (TPSA) is 44.1 Å². The minimum atomic E-state index is -0.412. The highest BCUT2D eigenvalue weighted by Gasteiger charge is 2.29. The van der Waals surface area contributed by atoms with Crippen LogP contribution < -0.4 is 0 Å². The summed E-state index contributed by atoms with van der Waals surface area (Å²) in [5.74, 6) is 0.0146. The number of carbonyl (C=O) groups is 1. The molecule has 0 aromatic carbocycles. The molecule has 0 aliphatic carbocycles. The highest BCUT2D eigenvalue weighted by Crippen LogP contribution is 2.28. The van der Waals surface area contributed by atoms with Crippen molar-refractivity contribution in [3.63, 3.8) is 0 Å². The van der Waals surface area contributed by atoms with Gasteiger partial charge in [-0.2, -0.15) is 5.10 Å². The first-order chi connectivity index (χ1) is 8.68. The van der Waals surface area contributed by atoms with Crippen LogP contribution in [0.5, 0.6) is 0 Å². The van der Waals surface area contributed by atoms with Gasteiger partial charge in [0, 0.05) is 0 Å². The summed E-state index contributed by atoms with van der Waals surface area (Å²) >= 11 is 6.33. The lowest BCUT2D eigenvalue weighted by Gasteiger charge is -2.21. The number of hydrogen-bond acceptors (Lipinski definition) is 3. The number of carbonyl (C=O) groups excluding carboxylic acids is 1. The van der Waals surface area contributed by atoms with Gasteiger partial charge in [-0.25, -0.2) is 4.79 Å². The molecule has 1 aromatic heterocycles. The van der Waals surface area contributed by atoms with Crippen LogP contribution in [0.1, 0.15) is 57.7 Å². The van der Waals surface area contributed by atoms with E-state index in [0.717, 1.165) is 12.1 Å². The Kier molecular flexibility index (Phi) is 5.02. The molecule has 19 heavy (non-hydrogen) atoms. The summed E-state index contributed by atoms with van der Waals surface area (Å²) in [5.41, 5.74) is 0.794. The third-order valence-electron chi connectivity index (χ3n) is 2.60. The lowest BCUT2D eigenvalue weighted by molar-refractivity contribution is 0.0504. The van der Waals surface area contributed by atoms with E-state index in [4.69, 9.17) is 16.3 Å². The van der Waals surface area contributed by atoms with Gasteiger partial charge in [0.25, 0.3) is 0 Å². The minimum absolute atomic E-state index is 0.318. The zero-order valence-corrected chi connectivity index (χ0v) is 13.3. The van der Waals surface area contributed by atoms with Crippen LogP contribution in [0.4, 0.5) is 0 Å². The number of halogens is 1. The normalized spacial score (nSPS) is 12.0. The predicted octanol–water partition coefficient (Wildman–Crippen LogP) is 3.67. The number of nitrogens with zero attached hydrogens (tertiary/aromatic N) is 2.